The molecule has 45 heavy (non-hydrogen) atoms. The van der Waals surface area contributed by atoms with Gasteiger partial charge >= 0.3 is 0 Å². The van der Waals surface area contributed by atoms with Crippen LogP contribution in [-0.2, 0) is 0 Å². The molecule has 1 aliphatic carbocycles. The molecule has 0 amide bonds. The van der Waals surface area contributed by atoms with Crippen LogP contribution in [0.1, 0.15) is 26.2 Å². The van der Waals surface area contributed by atoms with Gasteiger partial charge in [0.05, 0.1) is 28.1 Å². The first kappa shape index (κ1) is 26.2. The van der Waals surface area contributed by atoms with Crippen LogP contribution in [0.25, 0.3) is 66.2 Å². The molecule has 0 spiro atoms. The van der Waals surface area contributed by atoms with Gasteiger partial charge in [0.25, 0.3) is 0 Å². The number of fused-ring (bicyclic) bond motifs is 6. The van der Waals surface area contributed by atoms with Crippen LogP contribution >= 0.6 is 0 Å². The molecule has 0 fully saturated rings. The van der Waals surface area contributed by atoms with Gasteiger partial charge in [-0.2, -0.15) is 0 Å². The van der Waals surface area contributed by atoms with E-state index in [4.69, 9.17) is 0 Å². The molecule has 2 unspecified atom stereocenters. The zero-order chi connectivity index (χ0) is 29.9. The summed E-state index contributed by atoms with van der Waals surface area (Å²) in [6.45, 7) is 2.29. The van der Waals surface area contributed by atoms with Crippen LogP contribution in [0.15, 0.2) is 145 Å². The zero-order valence-electron chi connectivity index (χ0n) is 25.4. The highest BCUT2D eigenvalue weighted by Gasteiger charge is 2.22. The molecule has 7 aromatic rings. The first-order valence-electron chi connectivity index (χ1n) is 16.2. The van der Waals surface area contributed by atoms with E-state index in [-0.39, 0.29) is 0 Å². The van der Waals surface area contributed by atoms with Gasteiger partial charge in [0, 0.05) is 27.2 Å². The molecule has 5 aromatic carbocycles. The molecule has 9 rings (SSSR count). The first-order chi connectivity index (χ1) is 22.2. The van der Waals surface area contributed by atoms with Crippen LogP contribution in [0.2, 0.25) is 0 Å². The normalized spacial score (nSPS) is 18.4. The fourth-order valence-corrected chi connectivity index (χ4v) is 7.52. The van der Waals surface area contributed by atoms with E-state index in [1.807, 2.05) is 0 Å². The summed E-state index contributed by atoms with van der Waals surface area (Å²) >= 11 is 0. The van der Waals surface area contributed by atoms with Gasteiger partial charge in [-0.1, -0.05) is 91.9 Å². The van der Waals surface area contributed by atoms with Gasteiger partial charge in [0.2, 0.25) is 0 Å². The molecule has 0 saturated heterocycles. The van der Waals surface area contributed by atoms with Crippen LogP contribution in [0, 0.1) is 5.92 Å². The third kappa shape index (κ3) is 4.26. The molecule has 1 aliphatic heterocycles. The van der Waals surface area contributed by atoms with Crippen molar-refractivity contribution in [1.29, 1.82) is 0 Å². The number of nitrogens with one attached hydrogen (secondary N) is 1. The van der Waals surface area contributed by atoms with Crippen molar-refractivity contribution in [3.8, 4) is 16.8 Å². The number of hydrogen-bond acceptors (Lipinski definition) is 1. The largest absolute Gasteiger partial charge is 0.365 e. The molecular weight excluding hydrogens is 546 g/mol. The quantitative estimate of drug-likeness (QED) is 0.219. The summed E-state index contributed by atoms with van der Waals surface area (Å²) in [5.41, 5.74) is 10.0. The summed E-state index contributed by atoms with van der Waals surface area (Å²) < 4.78 is 4.82. The van der Waals surface area contributed by atoms with Crippen LogP contribution < -0.4 is 5.32 Å². The van der Waals surface area contributed by atoms with Gasteiger partial charge in [-0.15, -0.1) is 0 Å². The van der Waals surface area contributed by atoms with E-state index in [1.165, 1.54) is 71.8 Å². The molecule has 0 saturated carbocycles. The van der Waals surface area contributed by atoms with Crippen LogP contribution in [0.3, 0.4) is 0 Å². The Bertz CT molecular complexity index is 2340. The maximum atomic E-state index is 3.93. The van der Waals surface area contributed by atoms with Crippen molar-refractivity contribution in [3.63, 3.8) is 0 Å². The summed E-state index contributed by atoms with van der Waals surface area (Å²) in [6, 6.07) is 42.5. The Labute approximate surface area is 263 Å². The summed E-state index contributed by atoms with van der Waals surface area (Å²) in [5.74, 6) is 1.82. The highest BCUT2D eigenvalue weighted by atomic mass is 15.2. The molecule has 218 valence electrons. The summed E-state index contributed by atoms with van der Waals surface area (Å²) in [4.78, 5) is 0. The smallest absolute Gasteiger partial charge is 0.107 e. The third-order valence-electron chi connectivity index (χ3n) is 9.79. The van der Waals surface area contributed by atoms with Gasteiger partial charge in [-0.25, -0.2) is 0 Å². The number of hydrogen-bond donors (Lipinski definition) is 1. The minimum atomic E-state index is 0.342. The van der Waals surface area contributed by atoms with Crippen molar-refractivity contribution in [2.45, 2.75) is 32.2 Å². The second-order valence-corrected chi connectivity index (χ2v) is 12.6. The van der Waals surface area contributed by atoms with Crippen molar-refractivity contribution < 1.29 is 0 Å². The minimum absolute atomic E-state index is 0.342. The maximum Gasteiger partial charge on any atom is 0.107 e. The minimum Gasteiger partial charge on any atom is -0.365 e. The van der Waals surface area contributed by atoms with Crippen molar-refractivity contribution >= 4 is 49.4 Å². The molecule has 3 heterocycles. The molecule has 3 heteroatoms. The molecule has 1 N–H and O–H groups in total. The fraction of sp³-hybridized carbons (Fsp3) is 0.143. The molecular formula is C42H35N3. The maximum absolute atomic E-state index is 3.93. The molecule has 0 bridgehead atoms. The lowest BCUT2D eigenvalue weighted by atomic mass is 9.91. The predicted molar refractivity (Wildman–Crippen MR) is 191 cm³/mol. The Morgan fingerprint density at radius 2 is 1.20 bits per heavy atom. The van der Waals surface area contributed by atoms with Gasteiger partial charge in [-0.05, 0) is 96.5 Å². The lowest BCUT2D eigenvalue weighted by molar-refractivity contribution is 0.587. The Morgan fingerprint density at radius 3 is 1.87 bits per heavy atom. The number of nitrogens with zero attached hydrogens (tertiary/aromatic N) is 2. The Morgan fingerprint density at radius 1 is 0.600 bits per heavy atom. The van der Waals surface area contributed by atoms with Crippen molar-refractivity contribution in [2.75, 3.05) is 0 Å². The molecule has 3 nitrogen and oxygen atoms in total. The molecule has 2 aliphatic rings. The number of rotatable bonds is 4. The topological polar surface area (TPSA) is 21.9 Å². The molecule has 2 atom stereocenters. The highest BCUT2D eigenvalue weighted by Crippen LogP contribution is 2.38. The average Bonchev–Trinajstić information content (AvgIpc) is 3.61. The van der Waals surface area contributed by atoms with Gasteiger partial charge in [0.15, 0.2) is 0 Å². The lowest BCUT2D eigenvalue weighted by Crippen LogP contribution is -2.34. The van der Waals surface area contributed by atoms with Crippen LogP contribution in [-0.4, -0.2) is 15.2 Å². The predicted octanol–water partition coefficient (Wildman–Crippen LogP) is 10.6. The SMILES string of the molecule is CC1C=CC(C2CCC=C(n3c4ccccc4c4cc(-c5ccc6c(c5)c5ccccc5n6-c5ccccc5)ccc43)N2)=CC1. The second kappa shape index (κ2) is 10.4. The summed E-state index contributed by atoms with van der Waals surface area (Å²) in [7, 11) is 0. The average molecular weight is 582 g/mol. The van der Waals surface area contributed by atoms with Gasteiger partial charge < -0.3 is 9.88 Å². The Hall–Kier alpha value is -5.28. The van der Waals surface area contributed by atoms with Gasteiger partial charge in [-0.3, -0.25) is 4.57 Å². The number of aromatic nitrogens is 2. The van der Waals surface area contributed by atoms with E-state index in [2.05, 4.69) is 161 Å². The first-order valence-corrected chi connectivity index (χ1v) is 16.2. The van der Waals surface area contributed by atoms with E-state index < -0.39 is 0 Å². The van der Waals surface area contributed by atoms with E-state index in [1.54, 1.807) is 0 Å². The summed E-state index contributed by atoms with van der Waals surface area (Å²) in [5, 5.41) is 9.04. The Balaban J connectivity index is 1.16. The molecule has 0 radical (unpaired) electrons. The van der Waals surface area contributed by atoms with E-state index in [0.717, 1.165) is 19.3 Å². The Kier molecular flexibility index (Phi) is 6.05. The van der Waals surface area contributed by atoms with Crippen LogP contribution in [0.4, 0.5) is 0 Å². The lowest BCUT2D eigenvalue weighted by Gasteiger charge is -2.29. The van der Waals surface area contributed by atoms with Crippen LogP contribution in [0.5, 0.6) is 0 Å². The molecule has 2 aromatic heterocycles. The van der Waals surface area contributed by atoms with Crippen molar-refractivity contribution in [2.24, 2.45) is 5.92 Å². The number of benzene rings is 5. The van der Waals surface area contributed by atoms with Gasteiger partial charge in [0.1, 0.15) is 5.82 Å². The highest BCUT2D eigenvalue weighted by molar-refractivity contribution is 6.13. The number of allylic oxidation sites excluding steroid dienone is 3. The van der Waals surface area contributed by atoms with Crippen molar-refractivity contribution in [3.05, 3.63) is 145 Å². The third-order valence-corrected chi connectivity index (χ3v) is 9.79. The second-order valence-electron chi connectivity index (χ2n) is 12.6. The van der Waals surface area contributed by atoms with E-state index in [0.29, 0.717) is 12.0 Å². The van der Waals surface area contributed by atoms with Crippen molar-refractivity contribution in [1.82, 2.24) is 14.5 Å². The zero-order valence-corrected chi connectivity index (χ0v) is 25.4. The summed E-state index contributed by atoms with van der Waals surface area (Å²) in [6.07, 6.45) is 12.8. The monoisotopic (exact) mass is 581 g/mol. The van der Waals surface area contributed by atoms with E-state index >= 15 is 0 Å². The standard InChI is InChI=1S/C42H35N3/c1-28-18-20-29(21-19-28)37-14-9-17-42(43-37)45-39-16-8-6-13-34(39)36-27-31(23-25-41(36)45)30-22-24-40-35(26-30)33-12-5-7-15-38(33)44(40)32-10-3-2-4-11-32/h2-8,10-13,15-18,20-28,37,43H,9,14,19H2,1H3. The fourth-order valence-electron chi connectivity index (χ4n) is 7.52. The van der Waals surface area contributed by atoms with E-state index in [9.17, 15) is 0 Å². The number of para-hydroxylation sites is 3.